The number of benzene rings is 1. The van der Waals surface area contributed by atoms with Gasteiger partial charge in [0.05, 0.1) is 16.8 Å². The largest absolute Gasteiger partial charge is 0.309 e. The molecule has 7 nitrogen and oxygen atoms in total. The van der Waals surface area contributed by atoms with E-state index in [0.29, 0.717) is 16.7 Å². The third-order valence-electron chi connectivity index (χ3n) is 5.05. The Kier molecular flexibility index (Phi) is 4.28. The van der Waals surface area contributed by atoms with Crippen LogP contribution in [0, 0.1) is 13.8 Å². The lowest BCUT2D eigenvalue weighted by molar-refractivity contribution is 0.747. The molecule has 0 radical (unpaired) electrons. The summed E-state index contributed by atoms with van der Waals surface area (Å²) in [4.78, 5) is 22.4. The third kappa shape index (κ3) is 2.85. The Morgan fingerprint density at radius 1 is 1.25 bits per heavy atom. The van der Waals surface area contributed by atoms with Gasteiger partial charge in [-0.15, -0.1) is 16.4 Å². The first-order chi connectivity index (χ1) is 13.6. The number of aromatic nitrogens is 6. The first kappa shape index (κ1) is 17.6. The van der Waals surface area contributed by atoms with Crippen LogP contribution >= 0.6 is 23.1 Å². The quantitative estimate of drug-likeness (QED) is 0.519. The zero-order valence-electron chi connectivity index (χ0n) is 15.5. The Hall–Kier alpha value is -2.52. The number of nitrogens with one attached hydrogen (secondary N) is 1. The Bertz CT molecular complexity index is 1240. The van der Waals surface area contributed by atoms with Crippen molar-refractivity contribution >= 4 is 33.3 Å². The third-order valence-corrected chi connectivity index (χ3v) is 7.17. The van der Waals surface area contributed by atoms with Gasteiger partial charge in [0.2, 0.25) is 5.16 Å². The molecule has 3 heterocycles. The molecule has 0 saturated carbocycles. The molecule has 0 bridgehead atoms. The van der Waals surface area contributed by atoms with Crippen molar-refractivity contribution in [2.24, 2.45) is 0 Å². The maximum absolute atomic E-state index is 12.6. The van der Waals surface area contributed by atoms with E-state index in [4.69, 9.17) is 4.98 Å². The number of H-pyrrole nitrogens is 1. The Labute approximate surface area is 169 Å². The highest BCUT2D eigenvalue weighted by Crippen LogP contribution is 2.34. The van der Waals surface area contributed by atoms with Crippen molar-refractivity contribution in [2.75, 3.05) is 0 Å². The van der Waals surface area contributed by atoms with E-state index < -0.39 is 0 Å². The number of nitrogens with zero attached hydrogens (tertiary/aromatic N) is 5. The highest BCUT2D eigenvalue weighted by molar-refractivity contribution is 7.98. The summed E-state index contributed by atoms with van der Waals surface area (Å²) in [6, 6.07) is 6.11. The average Bonchev–Trinajstić information content (AvgIpc) is 3.35. The van der Waals surface area contributed by atoms with E-state index in [-0.39, 0.29) is 5.56 Å². The van der Waals surface area contributed by atoms with Crippen molar-refractivity contribution in [3.05, 3.63) is 55.9 Å². The van der Waals surface area contributed by atoms with Gasteiger partial charge in [0, 0.05) is 4.88 Å². The predicted octanol–water partition coefficient (Wildman–Crippen LogP) is 3.36. The number of thioether (sulfide) groups is 1. The zero-order valence-corrected chi connectivity index (χ0v) is 17.2. The lowest BCUT2D eigenvalue weighted by atomic mass is 10.1. The number of hydrogen-bond acceptors (Lipinski definition) is 7. The van der Waals surface area contributed by atoms with Crippen LogP contribution in [-0.4, -0.2) is 30.2 Å². The SMILES string of the molecule is Cc1cccc(C)c1-n1nnnc1SCc1nc2sc3c(c2c(=O)[nH]1)CCC3. The van der Waals surface area contributed by atoms with Gasteiger partial charge in [-0.2, -0.15) is 4.68 Å². The predicted molar refractivity (Wildman–Crippen MR) is 110 cm³/mol. The molecule has 0 atom stereocenters. The lowest BCUT2D eigenvalue weighted by Crippen LogP contribution is -2.11. The molecule has 1 aromatic carbocycles. The molecule has 0 amide bonds. The van der Waals surface area contributed by atoms with E-state index in [0.717, 1.165) is 46.3 Å². The fourth-order valence-corrected chi connectivity index (χ4v) is 5.82. The van der Waals surface area contributed by atoms with Gasteiger partial charge in [0.15, 0.2) is 0 Å². The van der Waals surface area contributed by atoms with Gasteiger partial charge in [0.1, 0.15) is 10.7 Å². The first-order valence-electron chi connectivity index (χ1n) is 9.13. The fraction of sp³-hybridized carbons (Fsp3) is 0.316. The Morgan fingerprint density at radius 3 is 2.89 bits per heavy atom. The van der Waals surface area contributed by atoms with Crippen LogP contribution in [-0.2, 0) is 18.6 Å². The second kappa shape index (κ2) is 6.82. The first-order valence-corrected chi connectivity index (χ1v) is 10.9. The molecule has 0 spiro atoms. The summed E-state index contributed by atoms with van der Waals surface area (Å²) in [7, 11) is 0. The van der Waals surface area contributed by atoms with E-state index in [1.54, 1.807) is 16.0 Å². The van der Waals surface area contributed by atoms with Gasteiger partial charge < -0.3 is 4.98 Å². The molecule has 0 unspecified atom stereocenters. The zero-order chi connectivity index (χ0) is 19.3. The molecule has 0 fully saturated rings. The standard InChI is InChI=1S/C19H18N6OS2/c1-10-5-3-6-11(2)16(10)25-19(22-23-24-25)27-9-14-20-17(26)15-12-7-4-8-13(12)28-18(15)21-14/h3,5-6H,4,7-9H2,1-2H3,(H,20,21,26). The summed E-state index contributed by atoms with van der Waals surface area (Å²) < 4.78 is 1.76. The van der Waals surface area contributed by atoms with Gasteiger partial charge in [-0.3, -0.25) is 4.79 Å². The summed E-state index contributed by atoms with van der Waals surface area (Å²) in [6.07, 6.45) is 3.18. The molecule has 9 heteroatoms. The molecular weight excluding hydrogens is 392 g/mol. The van der Waals surface area contributed by atoms with E-state index in [1.807, 2.05) is 32.0 Å². The smallest absolute Gasteiger partial charge is 0.259 e. The second-order valence-corrected chi connectivity index (χ2v) is 8.98. The van der Waals surface area contributed by atoms with Crippen LogP contribution in [0.2, 0.25) is 0 Å². The maximum Gasteiger partial charge on any atom is 0.259 e. The number of para-hydroxylation sites is 1. The maximum atomic E-state index is 12.6. The number of aromatic amines is 1. The van der Waals surface area contributed by atoms with Crippen LogP contribution in [0.5, 0.6) is 0 Å². The minimum Gasteiger partial charge on any atom is -0.309 e. The van der Waals surface area contributed by atoms with Crippen molar-refractivity contribution in [2.45, 2.75) is 44.0 Å². The monoisotopic (exact) mass is 410 g/mol. The molecule has 5 rings (SSSR count). The second-order valence-electron chi connectivity index (χ2n) is 6.95. The van der Waals surface area contributed by atoms with Crippen LogP contribution in [0.4, 0.5) is 0 Å². The van der Waals surface area contributed by atoms with Crippen molar-refractivity contribution < 1.29 is 0 Å². The molecule has 0 saturated heterocycles. The summed E-state index contributed by atoms with van der Waals surface area (Å²) >= 11 is 3.12. The highest BCUT2D eigenvalue weighted by atomic mass is 32.2. The molecular formula is C19H18N6OS2. The van der Waals surface area contributed by atoms with E-state index in [2.05, 4.69) is 20.5 Å². The van der Waals surface area contributed by atoms with Crippen LogP contribution in [0.15, 0.2) is 28.2 Å². The lowest BCUT2D eigenvalue weighted by Gasteiger charge is -2.10. The van der Waals surface area contributed by atoms with Gasteiger partial charge in [-0.05, 0) is 60.2 Å². The van der Waals surface area contributed by atoms with Gasteiger partial charge in [-0.1, -0.05) is 30.0 Å². The van der Waals surface area contributed by atoms with Crippen molar-refractivity contribution in [1.29, 1.82) is 0 Å². The average molecular weight is 411 g/mol. The summed E-state index contributed by atoms with van der Waals surface area (Å²) in [5.74, 6) is 1.15. The highest BCUT2D eigenvalue weighted by Gasteiger charge is 2.21. The molecule has 1 aliphatic carbocycles. The fourth-order valence-electron chi connectivity index (χ4n) is 3.80. The summed E-state index contributed by atoms with van der Waals surface area (Å²) in [5.41, 5.74) is 4.37. The number of fused-ring (bicyclic) bond motifs is 3. The van der Waals surface area contributed by atoms with Crippen LogP contribution in [0.1, 0.15) is 33.8 Å². The number of tetrazole rings is 1. The number of hydrogen-bond donors (Lipinski definition) is 1. The summed E-state index contributed by atoms with van der Waals surface area (Å²) in [5, 5.41) is 13.6. The number of thiophene rings is 1. The minimum atomic E-state index is -0.0330. The number of aryl methyl sites for hydroxylation is 4. The molecule has 28 heavy (non-hydrogen) atoms. The van der Waals surface area contributed by atoms with Crippen LogP contribution in [0.25, 0.3) is 15.9 Å². The number of rotatable bonds is 4. The van der Waals surface area contributed by atoms with Crippen LogP contribution in [0.3, 0.4) is 0 Å². The summed E-state index contributed by atoms with van der Waals surface area (Å²) in [6.45, 7) is 4.09. The van der Waals surface area contributed by atoms with E-state index in [1.165, 1.54) is 22.2 Å². The molecule has 1 N–H and O–H groups in total. The molecule has 0 aliphatic heterocycles. The van der Waals surface area contributed by atoms with Crippen molar-refractivity contribution in [1.82, 2.24) is 30.2 Å². The van der Waals surface area contributed by atoms with E-state index >= 15 is 0 Å². The normalized spacial score (nSPS) is 13.4. The van der Waals surface area contributed by atoms with Crippen LogP contribution < -0.4 is 5.56 Å². The van der Waals surface area contributed by atoms with E-state index in [9.17, 15) is 4.79 Å². The van der Waals surface area contributed by atoms with Crippen molar-refractivity contribution in [3.63, 3.8) is 0 Å². The Balaban J connectivity index is 1.45. The van der Waals surface area contributed by atoms with Gasteiger partial charge in [0.25, 0.3) is 5.56 Å². The van der Waals surface area contributed by atoms with Crippen molar-refractivity contribution in [3.8, 4) is 5.69 Å². The minimum absolute atomic E-state index is 0.0330. The Morgan fingerprint density at radius 2 is 2.07 bits per heavy atom. The molecule has 1 aliphatic rings. The van der Waals surface area contributed by atoms with Gasteiger partial charge >= 0.3 is 0 Å². The molecule has 3 aromatic heterocycles. The molecule has 142 valence electrons. The molecule has 4 aromatic rings. The topological polar surface area (TPSA) is 89.3 Å². The van der Waals surface area contributed by atoms with Gasteiger partial charge in [-0.25, -0.2) is 4.98 Å².